The molecule has 9 nitrogen and oxygen atoms in total. The Morgan fingerprint density at radius 1 is 1.19 bits per heavy atom. The van der Waals surface area contributed by atoms with Gasteiger partial charge in [-0.2, -0.15) is 24.5 Å². The maximum absolute atomic E-state index is 12.5. The van der Waals surface area contributed by atoms with Crippen LogP contribution in [0.15, 0.2) is 24.3 Å². The zero-order valence-corrected chi connectivity index (χ0v) is 19.9. The fourth-order valence-electron chi connectivity index (χ4n) is 4.00. The summed E-state index contributed by atoms with van der Waals surface area (Å²) in [6.45, 7) is 2.84. The number of pyridine rings is 1. The average molecular weight is 479 g/mol. The molecule has 0 unspecified atom stereocenters. The van der Waals surface area contributed by atoms with E-state index in [-0.39, 0.29) is 0 Å². The molecule has 1 aromatic carbocycles. The van der Waals surface area contributed by atoms with Crippen LogP contribution in [-0.2, 0) is 27.9 Å². The number of nitrogens with zero attached hydrogens (tertiary/aromatic N) is 4. The first-order valence-corrected chi connectivity index (χ1v) is 13.5. The van der Waals surface area contributed by atoms with Gasteiger partial charge in [-0.1, -0.05) is 18.2 Å². The van der Waals surface area contributed by atoms with Gasteiger partial charge in [0.2, 0.25) is 0 Å². The van der Waals surface area contributed by atoms with Crippen LogP contribution in [0.4, 0.5) is 5.82 Å². The summed E-state index contributed by atoms with van der Waals surface area (Å²) in [7, 11) is -1.73. The summed E-state index contributed by atoms with van der Waals surface area (Å²) in [5.41, 5.74) is 8.75. The Morgan fingerprint density at radius 2 is 1.97 bits per heavy atom. The van der Waals surface area contributed by atoms with Gasteiger partial charge in [-0.15, -0.1) is 0 Å². The van der Waals surface area contributed by atoms with Crippen LogP contribution in [-0.4, -0.2) is 72.1 Å². The molecular weight excluding hydrogens is 448 g/mol. The third-order valence-corrected chi connectivity index (χ3v) is 8.18. The molecule has 0 aliphatic carbocycles. The summed E-state index contributed by atoms with van der Waals surface area (Å²) in [6.07, 6.45) is 2.20. The van der Waals surface area contributed by atoms with Crippen LogP contribution in [0.5, 0.6) is 0 Å². The smallest absolute Gasteiger partial charge is 0.279 e. The van der Waals surface area contributed by atoms with Crippen molar-refractivity contribution in [2.24, 2.45) is 0 Å². The fourth-order valence-corrected chi connectivity index (χ4v) is 6.39. The molecule has 0 bridgehead atoms. The number of hydrogen-bond acceptors (Lipinski definition) is 7. The third kappa shape index (κ3) is 5.01. The summed E-state index contributed by atoms with van der Waals surface area (Å²) >= 11 is 1.79. The molecule has 3 heterocycles. The molecule has 0 saturated carbocycles. The molecule has 174 valence electrons. The van der Waals surface area contributed by atoms with Gasteiger partial charge in [0.05, 0.1) is 17.6 Å². The summed E-state index contributed by atoms with van der Waals surface area (Å²) < 4.78 is 36.7. The highest BCUT2D eigenvalue weighted by atomic mass is 32.2. The summed E-state index contributed by atoms with van der Waals surface area (Å²) in [6, 6.07) is 7.92. The molecule has 1 saturated heterocycles. The predicted octanol–water partition coefficient (Wildman–Crippen LogP) is 2.02. The number of para-hydroxylation sites is 1. The first-order valence-electron chi connectivity index (χ1n) is 10.9. The zero-order chi connectivity index (χ0) is 22.6. The number of imidazole rings is 1. The Morgan fingerprint density at radius 3 is 2.75 bits per heavy atom. The number of methoxy groups -OCH3 is 1. The van der Waals surface area contributed by atoms with E-state index in [0.29, 0.717) is 50.5 Å². The van der Waals surface area contributed by atoms with Crippen molar-refractivity contribution in [3.8, 4) is 0 Å². The second-order valence-corrected chi connectivity index (χ2v) is 10.7. The van der Waals surface area contributed by atoms with Crippen molar-refractivity contribution in [3.05, 3.63) is 30.1 Å². The molecule has 32 heavy (non-hydrogen) atoms. The number of aromatic nitrogens is 3. The second-order valence-electron chi connectivity index (χ2n) is 7.75. The van der Waals surface area contributed by atoms with Crippen LogP contribution in [0.1, 0.15) is 18.7 Å². The second kappa shape index (κ2) is 10.3. The molecule has 11 heteroatoms. The summed E-state index contributed by atoms with van der Waals surface area (Å²) in [5, 5.41) is 1.01. The van der Waals surface area contributed by atoms with Crippen LogP contribution >= 0.6 is 11.8 Å². The number of ether oxygens (including phenoxy) is 1. The van der Waals surface area contributed by atoms with Crippen LogP contribution < -0.4 is 10.5 Å². The topological polar surface area (TPSA) is 115 Å². The standard InChI is InChI=1S/C21H30N6O3S2/c1-30-13-8-18-25-19-20(16-6-2-3-7-17(16)24-21(19)22)27(18)10-5-4-9-23-32(28,29)26-11-14-31-15-12-26/h2-3,6-7,23H,4-5,8-15H2,1H3,(H2,22,24). The number of unbranched alkanes of at least 4 members (excludes halogenated alkanes) is 1. The lowest BCUT2D eigenvalue weighted by molar-refractivity contribution is 0.199. The Hall–Kier alpha value is -1.92. The van der Waals surface area contributed by atoms with Crippen molar-refractivity contribution in [3.63, 3.8) is 0 Å². The van der Waals surface area contributed by atoms with E-state index in [1.54, 1.807) is 18.9 Å². The van der Waals surface area contributed by atoms with Gasteiger partial charge in [0.25, 0.3) is 10.2 Å². The molecule has 1 fully saturated rings. The third-order valence-electron chi connectivity index (χ3n) is 5.62. The number of fused-ring (bicyclic) bond motifs is 3. The molecule has 4 rings (SSSR count). The van der Waals surface area contributed by atoms with Gasteiger partial charge >= 0.3 is 0 Å². The van der Waals surface area contributed by atoms with E-state index >= 15 is 0 Å². The van der Waals surface area contributed by atoms with Crippen molar-refractivity contribution in [1.29, 1.82) is 0 Å². The molecule has 3 aromatic rings. The predicted molar refractivity (Wildman–Crippen MR) is 130 cm³/mol. The number of nitrogen functional groups attached to an aromatic ring is 1. The minimum atomic E-state index is -3.40. The molecule has 1 aliphatic heterocycles. The van der Waals surface area contributed by atoms with Gasteiger partial charge in [0.15, 0.2) is 5.82 Å². The molecule has 3 N–H and O–H groups in total. The number of nitrogens with one attached hydrogen (secondary N) is 1. The number of rotatable bonds is 10. The summed E-state index contributed by atoms with van der Waals surface area (Å²) in [4.78, 5) is 9.28. The van der Waals surface area contributed by atoms with Gasteiger partial charge in [-0.05, 0) is 18.9 Å². The zero-order valence-electron chi connectivity index (χ0n) is 18.3. The first kappa shape index (κ1) is 23.2. The number of anilines is 1. The lowest BCUT2D eigenvalue weighted by atomic mass is 10.2. The maximum Gasteiger partial charge on any atom is 0.279 e. The number of thioether (sulfide) groups is 1. The van der Waals surface area contributed by atoms with Crippen molar-refractivity contribution in [2.45, 2.75) is 25.8 Å². The molecule has 0 spiro atoms. The van der Waals surface area contributed by atoms with E-state index in [1.807, 2.05) is 24.3 Å². The lowest BCUT2D eigenvalue weighted by Crippen LogP contribution is -2.45. The largest absolute Gasteiger partial charge is 0.384 e. The SMILES string of the molecule is COCCc1nc2c(N)nc3ccccc3c2n1CCCCNS(=O)(=O)N1CCSCC1. The van der Waals surface area contributed by atoms with E-state index in [4.69, 9.17) is 15.5 Å². The Kier molecular flexibility index (Phi) is 7.51. The highest BCUT2D eigenvalue weighted by molar-refractivity contribution is 7.99. The molecule has 2 aromatic heterocycles. The maximum atomic E-state index is 12.5. The molecular formula is C21H30N6O3S2. The number of hydrogen-bond donors (Lipinski definition) is 2. The van der Waals surface area contributed by atoms with Gasteiger partial charge in [0.1, 0.15) is 11.3 Å². The highest BCUT2D eigenvalue weighted by Crippen LogP contribution is 2.29. The van der Waals surface area contributed by atoms with Crippen LogP contribution in [0, 0.1) is 0 Å². The molecule has 1 aliphatic rings. The van der Waals surface area contributed by atoms with Crippen molar-refractivity contribution < 1.29 is 13.2 Å². The molecule has 0 radical (unpaired) electrons. The Labute approximate surface area is 192 Å². The average Bonchev–Trinajstić information content (AvgIpc) is 3.17. The lowest BCUT2D eigenvalue weighted by Gasteiger charge is -2.25. The Bertz CT molecular complexity index is 1180. The van der Waals surface area contributed by atoms with Gasteiger partial charge in [-0.3, -0.25) is 0 Å². The summed E-state index contributed by atoms with van der Waals surface area (Å²) in [5.74, 6) is 3.02. The van der Waals surface area contributed by atoms with Crippen LogP contribution in [0.25, 0.3) is 21.9 Å². The van der Waals surface area contributed by atoms with E-state index in [9.17, 15) is 8.42 Å². The fraction of sp³-hybridized carbons (Fsp3) is 0.524. The Balaban J connectivity index is 1.49. The van der Waals surface area contributed by atoms with Crippen LogP contribution in [0.3, 0.4) is 0 Å². The number of benzene rings is 1. The molecule has 0 amide bonds. The highest BCUT2D eigenvalue weighted by Gasteiger charge is 2.23. The van der Waals surface area contributed by atoms with Crippen molar-refractivity contribution in [1.82, 2.24) is 23.6 Å². The van der Waals surface area contributed by atoms with Crippen molar-refractivity contribution in [2.75, 3.05) is 50.6 Å². The van der Waals surface area contributed by atoms with E-state index in [1.165, 1.54) is 4.31 Å². The van der Waals surface area contributed by atoms with E-state index in [2.05, 4.69) is 14.3 Å². The number of aryl methyl sites for hydroxylation is 1. The van der Waals surface area contributed by atoms with Crippen LogP contribution in [0.2, 0.25) is 0 Å². The van der Waals surface area contributed by atoms with Crippen molar-refractivity contribution >= 4 is 49.7 Å². The first-order chi connectivity index (χ1) is 15.5. The normalized spacial score (nSPS) is 15.7. The minimum absolute atomic E-state index is 0.413. The minimum Gasteiger partial charge on any atom is -0.384 e. The number of nitrogens with two attached hydrogens (primary N) is 1. The van der Waals surface area contributed by atoms with E-state index in [0.717, 1.165) is 46.6 Å². The van der Waals surface area contributed by atoms with Gasteiger partial charge < -0.3 is 15.0 Å². The van der Waals surface area contributed by atoms with E-state index < -0.39 is 10.2 Å². The van der Waals surface area contributed by atoms with Gasteiger partial charge in [0, 0.05) is 56.6 Å². The van der Waals surface area contributed by atoms with Gasteiger partial charge in [-0.25, -0.2) is 14.7 Å². The molecule has 0 atom stereocenters. The monoisotopic (exact) mass is 478 g/mol. The quantitative estimate of drug-likeness (QED) is 0.428.